The van der Waals surface area contributed by atoms with Gasteiger partial charge in [0.15, 0.2) is 0 Å². The van der Waals surface area contributed by atoms with Crippen LogP contribution < -0.4 is 0 Å². The predicted molar refractivity (Wildman–Crippen MR) is 48.7 cm³/mol. The van der Waals surface area contributed by atoms with Crippen molar-refractivity contribution >= 4 is 0 Å². The molecule has 0 radical (unpaired) electrons. The van der Waals surface area contributed by atoms with Crippen molar-refractivity contribution in [2.45, 2.75) is 27.7 Å². The van der Waals surface area contributed by atoms with E-state index in [4.69, 9.17) is 0 Å². The molecular weight excluding hydrogens is 152 g/mol. The molecule has 0 atom stereocenters. The fourth-order valence-electron chi connectivity index (χ4n) is 1.27. The minimum Gasteiger partial charge on any atom is -0.507 e. The second-order valence-electron chi connectivity index (χ2n) is 3.20. The third-order valence-electron chi connectivity index (χ3n) is 2.55. The summed E-state index contributed by atoms with van der Waals surface area (Å²) in [7, 11) is 0. The SMILES string of the molecule is Cc1c(C)c(O)c(C)c(C)c1O. The first-order chi connectivity index (χ1) is 5.46. The van der Waals surface area contributed by atoms with Crippen LogP contribution in [0.25, 0.3) is 0 Å². The zero-order chi connectivity index (χ0) is 9.46. The number of hydrogen-bond acceptors (Lipinski definition) is 2. The number of benzene rings is 1. The van der Waals surface area contributed by atoms with Gasteiger partial charge >= 0.3 is 0 Å². The van der Waals surface area contributed by atoms with E-state index in [1.165, 1.54) is 0 Å². The lowest BCUT2D eigenvalue weighted by Crippen LogP contribution is -1.91. The van der Waals surface area contributed by atoms with Gasteiger partial charge in [0.05, 0.1) is 0 Å². The number of hydrogen-bond donors (Lipinski definition) is 2. The molecule has 1 rings (SSSR count). The maximum Gasteiger partial charge on any atom is 0.122 e. The van der Waals surface area contributed by atoms with Gasteiger partial charge in [-0.1, -0.05) is 0 Å². The second kappa shape index (κ2) is 2.70. The molecule has 0 saturated heterocycles. The van der Waals surface area contributed by atoms with E-state index in [1.807, 2.05) is 0 Å². The summed E-state index contributed by atoms with van der Waals surface area (Å²) >= 11 is 0. The molecule has 1 aromatic rings. The van der Waals surface area contributed by atoms with Crippen molar-refractivity contribution in [1.82, 2.24) is 0 Å². The summed E-state index contributed by atoms with van der Waals surface area (Å²) in [5.74, 6) is 0.589. The monoisotopic (exact) mass is 166 g/mol. The molecule has 0 saturated carbocycles. The highest BCUT2D eigenvalue weighted by Gasteiger charge is 2.12. The highest BCUT2D eigenvalue weighted by Crippen LogP contribution is 2.35. The Morgan fingerprint density at radius 3 is 0.917 bits per heavy atom. The highest BCUT2D eigenvalue weighted by molar-refractivity contribution is 5.55. The minimum absolute atomic E-state index is 0.294. The highest BCUT2D eigenvalue weighted by atomic mass is 16.3. The molecule has 1 aromatic carbocycles. The number of aromatic hydroxyl groups is 2. The van der Waals surface area contributed by atoms with Crippen molar-refractivity contribution in [2.75, 3.05) is 0 Å². The summed E-state index contributed by atoms with van der Waals surface area (Å²) in [6, 6.07) is 0. The quantitative estimate of drug-likeness (QED) is 0.581. The van der Waals surface area contributed by atoms with Crippen LogP contribution in [0.1, 0.15) is 22.3 Å². The van der Waals surface area contributed by atoms with Gasteiger partial charge in [0, 0.05) is 0 Å². The lowest BCUT2D eigenvalue weighted by Gasteiger charge is -2.12. The third-order valence-corrected chi connectivity index (χ3v) is 2.55. The van der Waals surface area contributed by atoms with Crippen LogP contribution in [0.3, 0.4) is 0 Å². The molecule has 66 valence electrons. The molecule has 0 bridgehead atoms. The molecule has 2 nitrogen and oxygen atoms in total. The Balaban J connectivity index is 3.60. The minimum atomic E-state index is 0.294. The van der Waals surface area contributed by atoms with E-state index in [2.05, 4.69) is 0 Å². The summed E-state index contributed by atoms with van der Waals surface area (Å²) in [6.07, 6.45) is 0. The van der Waals surface area contributed by atoms with E-state index in [-0.39, 0.29) is 0 Å². The van der Waals surface area contributed by atoms with Gasteiger partial charge in [-0.2, -0.15) is 0 Å². The third kappa shape index (κ3) is 1.04. The van der Waals surface area contributed by atoms with Crippen molar-refractivity contribution < 1.29 is 10.2 Å². The molecule has 2 N–H and O–H groups in total. The van der Waals surface area contributed by atoms with Crippen LogP contribution in [0.4, 0.5) is 0 Å². The molecular formula is C10H14O2. The number of phenols is 2. The van der Waals surface area contributed by atoms with Crippen LogP contribution in [0.2, 0.25) is 0 Å². The van der Waals surface area contributed by atoms with E-state index in [9.17, 15) is 10.2 Å². The van der Waals surface area contributed by atoms with Gasteiger partial charge in [-0.15, -0.1) is 0 Å². The zero-order valence-corrected chi connectivity index (χ0v) is 7.89. The summed E-state index contributed by atoms with van der Waals surface area (Å²) in [6.45, 7) is 7.21. The molecule has 0 amide bonds. The smallest absolute Gasteiger partial charge is 0.122 e. The average Bonchev–Trinajstić information content (AvgIpc) is 2.08. The largest absolute Gasteiger partial charge is 0.507 e. The Kier molecular flexibility index (Phi) is 2.01. The topological polar surface area (TPSA) is 40.5 Å². The molecule has 0 heterocycles. The Morgan fingerprint density at radius 1 is 0.583 bits per heavy atom. The predicted octanol–water partition coefficient (Wildman–Crippen LogP) is 2.33. The van der Waals surface area contributed by atoms with E-state index >= 15 is 0 Å². The molecule has 0 unspecified atom stereocenters. The van der Waals surface area contributed by atoms with Crippen molar-refractivity contribution in [3.05, 3.63) is 22.3 Å². The summed E-state index contributed by atoms with van der Waals surface area (Å²) in [5.41, 5.74) is 3.04. The molecule has 0 fully saturated rings. The fraction of sp³-hybridized carbons (Fsp3) is 0.400. The van der Waals surface area contributed by atoms with Crippen molar-refractivity contribution in [1.29, 1.82) is 0 Å². The Bertz CT molecular complexity index is 222. The van der Waals surface area contributed by atoms with E-state index in [0.717, 1.165) is 22.3 Å². The Morgan fingerprint density at radius 2 is 0.750 bits per heavy atom. The van der Waals surface area contributed by atoms with Gasteiger partial charge in [0.2, 0.25) is 0 Å². The summed E-state index contributed by atoms with van der Waals surface area (Å²) in [5, 5.41) is 19.2. The fourth-order valence-corrected chi connectivity index (χ4v) is 1.27. The standard InChI is InChI=1S/C10H14O2/c1-5-6(2)10(12)8(4)7(3)9(5)11/h11-12H,1-4H3. The Hall–Kier alpha value is -1.18. The van der Waals surface area contributed by atoms with Crippen LogP contribution in [0.15, 0.2) is 0 Å². The normalized spacial score (nSPS) is 10.3. The van der Waals surface area contributed by atoms with Gasteiger partial charge in [-0.25, -0.2) is 0 Å². The van der Waals surface area contributed by atoms with Crippen molar-refractivity contribution in [2.24, 2.45) is 0 Å². The first-order valence-electron chi connectivity index (χ1n) is 3.95. The van der Waals surface area contributed by atoms with E-state index in [1.54, 1.807) is 27.7 Å². The Labute approximate surface area is 72.5 Å². The van der Waals surface area contributed by atoms with Crippen molar-refractivity contribution in [3.8, 4) is 11.5 Å². The molecule has 0 aliphatic rings. The molecule has 0 aromatic heterocycles. The molecule has 12 heavy (non-hydrogen) atoms. The molecule has 0 aliphatic heterocycles. The maximum atomic E-state index is 9.58. The number of rotatable bonds is 0. The van der Waals surface area contributed by atoms with E-state index in [0.29, 0.717) is 11.5 Å². The lowest BCUT2D eigenvalue weighted by atomic mass is 9.99. The van der Waals surface area contributed by atoms with Gasteiger partial charge < -0.3 is 10.2 Å². The van der Waals surface area contributed by atoms with Gasteiger partial charge in [-0.3, -0.25) is 0 Å². The second-order valence-corrected chi connectivity index (χ2v) is 3.20. The van der Waals surface area contributed by atoms with Crippen molar-refractivity contribution in [3.63, 3.8) is 0 Å². The first-order valence-corrected chi connectivity index (χ1v) is 3.95. The van der Waals surface area contributed by atoms with Crippen LogP contribution in [0.5, 0.6) is 11.5 Å². The lowest BCUT2D eigenvalue weighted by molar-refractivity contribution is 0.446. The van der Waals surface area contributed by atoms with Gasteiger partial charge in [0.25, 0.3) is 0 Å². The van der Waals surface area contributed by atoms with Crippen LogP contribution in [-0.4, -0.2) is 10.2 Å². The maximum absolute atomic E-state index is 9.58. The zero-order valence-electron chi connectivity index (χ0n) is 7.89. The average molecular weight is 166 g/mol. The summed E-state index contributed by atoms with van der Waals surface area (Å²) in [4.78, 5) is 0. The van der Waals surface area contributed by atoms with Crippen LogP contribution in [-0.2, 0) is 0 Å². The van der Waals surface area contributed by atoms with Gasteiger partial charge in [-0.05, 0) is 49.9 Å². The van der Waals surface area contributed by atoms with E-state index < -0.39 is 0 Å². The first kappa shape index (κ1) is 8.91. The molecule has 0 spiro atoms. The molecule has 2 heteroatoms. The van der Waals surface area contributed by atoms with Crippen LogP contribution in [0, 0.1) is 27.7 Å². The van der Waals surface area contributed by atoms with Gasteiger partial charge in [0.1, 0.15) is 11.5 Å². The number of phenolic OH excluding ortho intramolecular Hbond substituents is 2. The molecule has 0 aliphatic carbocycles. The summed E-state index contributed by atoms with van der Waals surface area (Å²) < 4.78 is 0. The van der Waals surface area contributed by atoms with Crippen LogP contribution >= 0.6 is 0 Å².